The predicted octanol–water partition coefficient (Wildman–Crippen LogP) is 2.30. The number of thiazole rings is 1. The van der Waals surface area contributed by atoms with Gasteiger partial charge in [0, 0.05) is 49.5 Å². The van der Waals surface area contributed by atoms with Crippen molar-refractivity contribution in [2.24, 2.45) is 0 Å². The monoisotopic (exact) mass is 346 g/mol. The SMILES string of the molecule is COc1cccc(NC(=O)[C@H](C)N2CCN(c3nccs3)CC2)c1. The van der Waals surface area contributed by atoms with Crippen LogP contribution in [-0.2, 0) is 4.79 Å². The summed E-state index contributed by atoms with van der Waals surface area (Å²) in [5.74, 6) is 0.739. The molecule has 0 saturated carbocycles. The van der Waals surface area contributed by atoms with Crippen molar-refractivity contribution in [1.82, 2.24) is 9.88 Å². The number of piperazine rings is 1. The summed E-state index contributed by atoms with van der Waals surface area (Å²) < 4.78 is 5.19. The molecular weight excluding hydrogens is 324 g/mol. The van der Waals surface area contributed by atoms with Gasteiger partial charge in [-0.25, -0.2) is 4.98 Å². The molecular formula is C17H22N4O2S. The minimum Gasteiger partial charge on any atom is -0.497 e. The smallest absolute Gasteiger partial charge is 0.241 e. The maximum Gasteiger partial charge on any atom is 0.241 e. The number of carbonyl (C=O) groups is 1. The number of nitrogens with one attached hydrogen (secondary N) is 1. The standard InChI is InChI=1S/C17H22N4O2S/c1-13(16(22)19-14-4-3-5-15(12-14)23-2)20-7-9-21(10-8-20)17-18-6-11-24-17/h3-6,11-13H,7-10H2,1-2H3,(H,19,22)/t13-/m0/s1. The van der Waals surface area contributed by atoms with Gasteiger partial charge in [0.15, 0.2) is 5.13 Å². The maximum atomic E-state index is 12.5. The third-order valence-electron chi connectivity index (χ3n) is 4.27. The minimum atomic E-state index is -0.172. The number of rotatable bonds is 5. The van der Waals surface area contributed by atoms with Gasteiger partial charge in [-0.3, -0.25) is 9.69 Å². The molecule has 1 aliphatic rings. The molecule has 1 atom stereocenters. The molecule has 0 bridgehead atoms. The van der Waals surface area contributed by atoms with Crippen LogP contribution in [0.2, 0.25) is 0 Å². The van der Waals surface area contributed by atoms with Gasteiger partial charge in [-0.1, -0.05) is 6.07 Å². The van der Waals surface area contributed by atoms with Crippen LogP contribution in [0.4, 0.5) is 10.8 Å². The van der Waals surface area contributed by atoms with Crippen molar-refractivity contribution in [3.8, 4) is 5.75 Å². The summed E-state index contributed by atoms with van der Waals surface area (Å²) in [4.78, 5) is 21.3. The Balaban J connectivity index is 1.54. The number of nitrogens with zero attached hydrogens (tertiary/aromatic N) is 3. The van der Waals surface area contributed by atoms with Gasteiger partial charge < -0.3 is 15.0 Å². The first-order chi connectivity index (χ1) is 11.7. The Hall–Kier alpha value is -2.12. The zero-order valence-electron chi connectivity index (χ0n) is 13.9. The van der Waals surface area contributed by atoms with Gasteiger partial charge in [0.1, 0.15) is 5.75 Å². The van der Waals surface area contributed by atoms with Crippen LogP contribution in [0.5, 0.6) is 5.75 Å². The number of methoxy groups -OCH3 is 1. The number of hydrogen-bond acceptors (Lipinski definition) is 6. The number of anilines is 2. The highest BCUT2D eigenvalue weighted by Crippen LogP contribution is 2.20. The lowest BCUT2D eigenvalue weighted by Gasteiger charge is -2.37. The van der Waals surface area contributed by atoms with Crippen LogP contribution < -0.4 is 15.0 Å². The molecule has 128 valence electrons. The third kappa shape index (κ3) is 3.85. The highest BCUT2D eigenvalue weighted by molar-refractivity contribution is 7.13. The fourth-order valence-electron chi connectivity index (χ4n) is 2.79. The molecule has 0 spiro atoms. The lowest BCUT2D eigenvalue weighted by atomic mass is 10.2. The average molecular weight is 346 g/mol. The average Bonchev–Trinajstić information content (AvgIpc) is 3.16. The van der Waals surface area contributed by atoms with E-state index in [2.05, 4.69) is 20.1 Å². The molecule has 0 unspecified atom stereocenters. The molecule has 7 heteroatoms. The van der Waals surface area contributed by atoms with Crippen molar-refractivity contribution >= 4 is 28.1 Å². The summed E-state index contributed by atoms with van der Waals surface area (Å²) in [7, 11) is 1.62. The second kappa shape index (κ2) is 7.63. The first kappa shape index (κ1) is 16.7. The summed E-state index contributed by atoms with van der Waals surface area (Å²) in [6.45, 7) is 5.45. The first-order valence-corrected chi connectivity index (χ1v) is 8.89. The molecule has 1 aromatic heterocycles. The van der Waals surface area contributed by atoms with E-state index in [0.717, 1.165) is 42.7 Å². The van der Waals surface area contributed by atoms with Crippen LogP contribution in [0, 0.1) is 0 Å². The topological polar surface area (TPSA) is 57.7 Å². The number of carbonyl (C=O) groups excluding carboxylic acids is 1. The Morgan fingerprint density at radius 1 is 1.33 bits per heavy atom. The Morgan fingerprint density at radius 3 is 2.79 bits per heavy atom. The summed E-state index contributed by atoms with van der Waals surface area (Å²) in [6, 6.07) is 7.25. The molecule has 2 heterocycles. The molecule has 6 nitrogen and oxygen atoms in total. The number of hydrogen-bond donors (Lipinski definition) is 1. The van der Waals surface area contributed by atoms with E-state index in [9.17, 15) is 4.79 Å². The van der Waals surface area contributed by atoms with Crippen LogP contribution in [0.15, 0.2) is 35.8 Å². The highest BCUT2D eigenvalue weighted by atomic mass is 32.1. The third-order valence-corrected chi connectivity index (χ3v) is 5.10. The van der Waals surface area contributed by atoms with Crippen molar-refractivity contribution in [2.75, 3.05) is 43.5 Å². The van der Waals surface area contributed by atoms with E-state index < -0.39 is 0 Å². The fourth-order valence-corrected chi connectivity index (χ4v) is 3.48. The summed E-state index contributed by atoms with van der Waals surface area (Å²) in [5.41, 5.74) is 0.757. The summed E-state index contributed by atoms with van der Waals surface area (Å²) in [6.07, 6.45) is 1.83. The van der Waals surface area contributed by atoms with Gasteiger partial charge in [0.2, 0.25) is 5.91 Å². The van der Waals surface area contributed by atoms with Crippen molar-refractivity contribution < 1.29 is 9.53 Å². The Morgan fingerprint density at radius 2 is 2.12 bits per heavy atom. The van der Waals surface area contributed by atoms with Gasteiger partial charge in [0.25, 0.3) is 0 Å². The molecule has 24 heavy (non-hydrogen) atoms. The first-order valence-electron chi connectivity index (χ1n) is 8.01. The van der Waals surface area contributed by atoms with Crippen molar-refractivity contribution in [3.63, 3.8) is 0 Å². The summed E-state index contributed by atoms with van der Waals surface area (Å²) in [5, 5.41) is 6.02. The largest absolute Gasteiger partial charge is 0.497 e. The van der Waals surface area contributed by atoms with Gasteiger partial charge in [0.05, 0.1) is 13.2 Å². The van der Waals surface area contributed by atoms with Gasteiger partial charge in [-0.2, -0.15) is 0 Å². The second-order valence-electron chi connectivity index (χ2n) is 5.73. The van der Waals surface area contributed by atoms with Crippen molar-refractivity contribution in [2.45, 2.75) is 13.0 Å². The molecule has 1 saturated heterocycles. The lowest BCUT2D eigenvalue weighted by Crippen LogP contribution is -2.52. The van der Waals surface area contributed by atoms with E-state index >= 15 is 0 Å². The highest BCUT2D eigenvalue weighted by Gasteiger charge is 2.26. The van der Waals surface area contributed by atoms with E-state index in [4.69, 9.17) is 4.74 Å². The summed E-state index contributed by atoms with van der Waals surface area (Å²) >= 11 is 1.66. The Bertz CT molecular complexity index is 669. The Labute approximate surface area is 146 Å². The van der Waals surface area contributed by atoms with Crippen LogP contribution in [0.25, 0.3) is 0 Å². The fraction of sp³-hybridized carbons (Fsp3) is 0.412. The molecule has 0 aliphatic carbocycles. The van der Waals surface area contributed by atoms with Gasteiger partial charge in [-0.15, -0.1) is 11.3 Å². The quantitative estimate of drug-likeness (QED) is 0.900. The van der Waals surface area contributed by atoms with Crippen LogP contribution in [0.1, 0.15) is 6.92 Å². The van der Waals surface area contributed by atoms with E-state index in [-0.39, 0.29) is 11.9 Å². The molecule has 1 amide bonds. The molecule has 3 rings (SSSR count). The van der Waals surface area contributed by atoms with E-state index in [1.54, 1.807) is 18.4 Å². The van der Waals surface area contributed by atoms with Gasteiger partial charge in [-0.05, 0) is 19.1 Å². The number of benzene rings is 1. The van der Waals surface area contributed by atoms with Crippen molar-refractivity contribution in [3.05, 3.63) is 35.8 Å². The van der Waals surface area contributed by atoms with Crippen LogP contribution in [-0.4, -0.2) is 55.1 Å². The molecule has 1 aliphatic heterocycles. The van der Waals surface area contributed by atoms with Crippen LogP contribution in [0.3, 0.4) is 0 Å². The Kier molecular flexibility index (Phi) is 5.32. The number of amides is 1. The number of ether oxygens (including phenoxy) is 1. The van der Waals surface area contributed by atoms with E-state index in [0.29, 0.717) is 0 Å². The number of aromatic nitrogens is 1. The van der Waals surface area contributed by atoms with Crippen molar-refractivity contribution in [1.29, 1.82) is 0 Å². The molecule has 1 fully saturated rings. The van der Waals surface area contributed by atoms with Crippen LogP contribution >= 0.6 is 11.3 Å². The van der Waals surface area contributed by atoms with E-state index in [1.165, 1.54) is 0 Å². The normalized spacial score (nSPS) is 16.7. The maximum absolute atomic E-state index is 12.5. The molecule has 1 N–H and O–H groups in total. The molecule has 0 radical (unpaired) electrons. The second-order valence-corrected chi connectivity index (χ2v) is 6.61. The zero-order chi connectivity index (χ0) is 16.9. The molecule has 2 aromatic rings. The molecule has 1 aromatic carbocycles. The van der Waals surface area contributed by atoms with E-state index in [1.807, 2.05) is 42.8 Å². The zero-order valence-corrected chi connectivity index (χ0v) is 14.8. The van der Waals surface area contributed by atoms with Gasteiger partial charge >= 0.3 is 0 Å². The predicted molar refractivity (Wildman–Crippen MR) is 97.0 cm³/mol. The lowest BCUT2D eigenvalue weighted by molar-refractivity contribution is -0.120. The minimum absolute atomic E-state index is 0.00551.